The van der Waals surface area contributed by atoms with Gasteiger partial charge in [0.1, 0.15) is 10.8 Å². The van der Waals surface area contributed by atoms with E-state index in [4.69, 9.17) is 4.74 Å². The predicted octanol–water partition coefficient (Wildman–Crippen LogP) is 5.16. The van der Waals surface area contributed by atoms with Crippen LogP contribution in [-0.4, -0.2) is 24.4 Å². The number of nitrogens with zero attached hydrogens (tertiary/aromatic N) is 1. The lowest BCUT2D eigenvalue weighted by molar-refractivity contribution is -0.274. The fourth-order valence-corrected chi connectivity index (χ4v) is 3.11. The Morgan fingerprint density at radius 3 is 2.54 bits per heavy atom. The fourth-order valence-electron chi connectivity index (χ4n) is 2.29. The van der Waals surface area contributed by atoms with E-state index in [0.29, 0.717) is 27.4 Å². The topological polar surface area (TPSA) is 48.4 Å². The number of thiazole rings is 1. The van der Waals surface area contributed by atoms with Gasteiger partial charge in [0.25, 0.3) is 0 Å². The molecule has 134 valence electrons. The number of hydrogen-bond donors (Lipinski definition) is 0. The number of rotatable bonds is 4. The Balaban J connectivity index is 1.89. The van der Waals surface area contributed by atoms with Crippen LogP contribution in [0.3, 0.4) is 0 Å². The molecule has 0 saturated carbocycles. The summed E-state index contributed by atoms with van der Waals surface area (Å²) in [5, 5.41) is 2.36. The van der Waals surface area contributed by atoms with Gasteiger partial charge < -0.3 is 9.47 Å². The monoisotopic (exact) mass is 379 g/mol. The summed E-state index contributed by atoms with van der Waals surface area (Å²) in [5.74, 6) is -0.766. The third-order valence-electron chi connectivity index (χ3n) is 3.40. The lowest BCUT2D eigenvalue weighted by Crippen LogP contribution is -2.17. The minimum absolute atomic E-state index is 0.308. The van der Waals surface area contributed by atoms with E-state index in [1.165, 1.54) is 36.6 Å². The molecule has 0 unspecified atom stereocenters. The number of alkyl halides is 3. The lowest BCUT2D eigenvalue weighted by Gasteiger charge is -2.09. The summed E-state index contributed by atoms with van der Waals surface area (Å²) in [5.41, 5.74) is 2.12. The maximum Gasteiger partial charge on any atom is 0.573 e. The molecule has 0 aliphatic heterocycles. The summed E-state index contributed by atoms with van der Waals surface area (Å²) < 4.78 is 45.7. The normalized spacial score (nSPS) is 11.2. The van der Waals surface area contributed by atoms with Crippen molar-refractivity contribution in [3.05, 3.63) is 59.5 Å². The van der Waals surface area contributed by atoms with Gasteiger partial charge >= 0.3 is 12.3 Å². The second-order valence-electron chi connectivity index (χ2n) is 5.19. The van der Waals surface area contributed by atoms with Crippen LogP contribution in [0.25, 0.3) is 21.8 Å². The van der Waals surface area contributed by atoms with Crippen LogP contribution in [0, 0.1) is 0 Å². The van der Waals surface area contributed by atoms with E-state index in [9.17, 15) is 18.0 Å². The molecule has 0 amide bonds. The van der Waals surface area contributed by atoms with Crippen molar-refractivity contribution in [1.82, 2.24) is 4.98 Å². The Bertz CT molecular complexity index is 937. The van der Waals surface area contributed by atoms with Crippen molar-refractivity contribution in [2.75, 3.05) is 7.11 Å². The number of halogens is 3. The Labute approximate surface area is 150 Å². The van der Waals surface area contributed by atoms with E-state index >= 15 is 0 Å². The molecule has 0 fully saturated rings. The number of methoxy groups -OCH3 is 1. The summed E-state index contributed by atoms with van der Waals surface area (Å²) in [7, 11) is 1.30. The van der Waals surface area contributed by atoms with Gasteiger partial charge in [-0.25, -0.2) is 9.78 Å². The smallest absolute Gasteiger partial charge is 0.465 e. The minimum Gasteiger partial charge on any atom is -0.465 e. The number of carbonyl (C=O) groups is 1. The van der Waals surface area contributed by atoms with Crippen LogP contribution in [0.4, 0.5) is 13.2 Å². The molecule has 0 atom stereocenters. The summed E-state index contributed by atoms with van der Waals surface area (Å²) in [6.07, 6.45) is -4.75. The molecular formula is C18H12F3NO3S. The van der Waals surface area contributed by atoms with Crippen LogP contribution in [-0.2, 0) is 4.74 Å². The minimum atomic E-state index is -4.75. The van der Waals surface area contributed by atoms with Gasteiger partial charge in [-0.05, 0) is 24.3 Å². The largest absolute Gasteiger partial charge is 0.573 e. The predicted molar refractivity (Wildman–Crippen MR) is 91.0 cm³/mol. The highest BCUT2D eigenvalue weighted by molar-refractivity contribution is 7.13. The zero-order valence-electron chi connectivity index (χ0n) is 13.4. The molecule has 26 heavy (non-hydrogen) atoms. The standard InChI is InChI=1S/C18H12F3NO3S/c1-24-17(23)13-6-2-5-12(8-13)16-22-15(10-26-16)11-4-3-7-14(9-11)25-18(19,20)21/h2-10H,1H3. The van der Waals surface area contributed by atoms with E-state index in [0.717, 1.165) is 0 Å². The first-order chi connectivity index (χ1) is 12.4. The number of benzene rings is 2. The maximum atomic E-state index is 12.4. The molecule has 4 nitrogen and oxygen atoms in total. The molecule has 3 aromatic rings. The van der Waals surface area contributed by atoms with Gasteiger partial charge in [0.15, 0.2) is 0 Å². The number of carbonyl (C=O) groups excluding carboxylic acids is 1. The molecule has 0 spiro atoms. The lowest BCUT2D eigenvalue weighted by atomic mass is 10.1. The molecule has 0 N–H and O–H groups in total. The SMILES string of the molecule is COC(=O)c1cccc(-c2nc(-c3cccc(OC(F)(F)F)c3)cs2)c1. The molecule has 0 saturated heterocycles. The molecule has 0 aliphatic carbocycles. The molecule has 1 heterocycles. The Morgan fingerprint density at radius 1 is 1.08 bits per heavy atom. The Morgan fingerprint density at radius 2 is 1.81 bits per heavy atom. The van der Waals surface area contributed by atoms with Crippen LogP contribution in [0.1, 0.15) is 10.4 Å². The second kappa shape index (κ2) is 7.17. The quantitative estimate of drug-likeness (QED) is 0.588. The highest BCUT2D eigenvalue weighted by Crippen LogP contribution is 2.32. The van der Waals surface area contributed by atoms with Gasteiger partial charge in [0, 0.05) is 16.5 Å². The van der Waals surface area contributed by atoms with Gasteiger partial charge in [-0.3, -0.25) is 0 Å². The van der Waals surface area contributed by atoms with Crippen LogP contribution >= 0.6 is 11.3 Å². The average Bonchev–Trinajstić information content (AvgIpc) is 3.10. The van der Waals surface area contributed by atoms with E-state index in [1.807, 2.05) is 0 Å². The summed E-state index contributed by atoms with van der Waals surface area (Å²) in [4.78, 5) is 16.1. The zero-order chi connectivity index (χ0) is 18.7. The molecule has 0 radical (unpaired) electrons. The van der Waals surface area contributed by atoms with Gasteiger partial charge in [-0.1, -0.05) is 24.3 Å². The summed E-state index contributed by atoms with van der Waals surface area (Å²) >= 11 is 1.32. The van der Waals surface area contributed by atoms with Gasteiger partial charge in [-0.15, -0.1) is 24.5 Å². The van der Waals surface area contributed by atoms with Crippen molar-refractivity contribution in [2.45, 2.75) is 6.36 Å². The first-order valence-corrected chi connectivity index (χ1v) is 8.24. The van der Waals surface area contributed by atoms with Gasteiger partial charge in [-0.2, -0.15) is 0 Å². The number of hydrogen-bond acceptors (Lipinski definition) is 5. The highest BCUT2D eigenvalue weighted by atomic mass is 32.1. The number of esters is 1. The van der Waals surface area contributed by atoms with Crippen molar-refractivity contribution < 1.29 is 27.4 Å². The van der Waals surface area contributed by atoms with Gasteiger partial charge in [0.2, 0.25) is 0 Å². The van der Waals surface area contributed by atoms with Crippen molar-refractivity contribution in [1.29, 1.82) is 0 Å². The van der Waals surface area contributed by atoms with Crippen molar-refractivity contribution >= 4 is 17.3 Å². The third-order valence-corrected chi connectivity index (χ3v) is 4.29. The van der Waals surface area contributed by atoms with E-state index < -0.39 is 12.3 Å². The Hall–Kier alpha value is -2.87. The average molecular weight is 379 g/mol. The maximum absolute atomic E-state index is 12.4. The molecule has 2 aromatic carbocycles. The molecular weight excluding hydrogens is 367 g/mol. The van der Waals surface area contributed by atoms with Crippen LogP contribution in [0.15, 0.2) is 53.9 Å². The molecule has 3 rings (SSSR count). The highest BCUT2D eigenvalue weighted by Gasteiger charge is 2.31. The van der Waals surface area contributed by atoms with E-state index in [2.05, 4.69) is 9.72 Å². The Kier molecular flexibility index (Phi) is 4.94. The number of ether oxygens (including phenoxy) is 2. The first kappa shape index (κ1) is 17.9. The summed E-state index contributed by atoms with van der Waals surface area (Å²) in [6, 6.07) is 12.4. The third kappa shape index (κ3) is 4.20. The summed E-state index contributed by atoms with van der Waals surface area (Å²) in [6.45, 7) is 0. The zero-order valence-corrected chi connectivity index (χ0v) is 14.2. The molecule has 1 aromatic heterocycles. The first-order valence-electron chi connectivity index (χ1n) is 7.36. The van der Waals surface area contributed by atoms with E-state index in [1.54, 1.807) is 35.7 Å². The van der Waals surface area contributed by atoms with Crippen LogP contribution in [0.5, 0.6) is 5.75 Å². The molecule has 0 bridgehead atoms. The number of aromatic nitrogens is 1. The van der Waals surface area contributed by atoms with Crippen LogP contribution in [0.2, 0.25) is 0 Å². The van der Waals surface area contributed by atoms with Crippen molar-refractivity contribution in [2.24, 2.45) is 0 Å². The van der Waals surface area contributed by atoms with Crippen molar-refractivity contribution in [3.8, 4) is 27.6 Å². The van der Waals surface area contributed by atoms with Gasteiger partial charge in [0.05, 0.1) is 18.4 Å². The van der Waals surface area contributed by atoms with E-state index in [-0.39, 0.29) is 5.75 Å². The fraction of sp³-hybridized carbons (Fsp3) is 0.111. The van der Waals surface area contributed by atoms with Crippen molar-refractivity contribution in [3.63, 3.8) is 0 Å². The van der Waals surface area contributed by atoms with Crippen LogP contribution < -0.4 is 4.74 Å². The molecule has 8 heteroatoms. The molecule has 0 aliphatic rings. The second-order valence-corrected chi connectivity index (χ2v) is 6.04.